The fourth-order valence-electron chi connectivity index (χ4n) is 3.07. The number of aromatic nitrogens is 2. The smallest absolute Gasteiger partial charge is 0.328 e. The molecule has 152 valence electrons. The van der Waals surface area contributed by atoms with Crippen LogP contribution in [-0.2, 0) is 16.1 Å². The van der Waals surface area contributed by atoms with Gasteiger partial charge in [0.05, 0.1) is 12.5 Å². The van der Waals surface area contributed by atoms with E-state index >= 15 is 0 Å². The first-order valence-corrected chi connectivity index (χ1v) is 9.83. The number of hydrogen-bond acceptors (Lipinski definition) is 5. The van der Waals surface area contributed by atoms with Gasteiger partial charge in [-0.1, -0.05) is 58.2 Å². The van der Waals surface area contributed by atoms with Gasteiger partial charge in [0.25, 0.3) is 11.5 Å². The number of carbonyl (C=O) groups is 2. The van der Waals surface area contributed by atoms with Gasteiger partial charge in [0.1, 0.15) is 6.04 Å². The Balaban J connectivity index is 2.46. The van der Waals surface area contributed by atoms with Gasteiger partial charge < -0.3 is 10.1 Å². The van der Waals surface area contributed by atoms with Crippen LogP contribution in [0.3, 0.4) is 0 Å². The fraction of sp³-hybridized carbons (Fsp3) is 0.524. The Kier molecular flexibility index (Phi) is 7.72. The summed E-state index contributed by atoms with van der Waals surface area (Å²) in [5.41, 5.74) is -0.0707. The summed E-state index contributed by atoms with van der Waals surface area (Å²) in [6.45, 7) is 6.34. The standard InChI is InChI=1S/C21H29N3O4/c1-5-7-10-13-24-20(26)16-12-9-8-11-15(16)18(23-24)19(25)22-17(14(3)6-2)21(27)28-4/h8-9,11-12,14,17H,5-7,10,13H2,1-4H3,(H,22,25). The molecule has 1 heterocycles. The predicted octanol–water partition coefficient (Wildman–Crippen LogP) is 2.90. The summed E-state index contributed by atoms with van der Waals surface area (Å²) in [7, 11) is 1.30. The first-order valence-electron chi connectivity index (χ1n) is 9.83. The van der Waals surface area contributed by atoms with Crippen molar-refractivity contribution in [1.29, 1.82) is 0 Å². The van der Waals surface area contributed by atoms with E-state index in [9.17, 15) is 14.4 Å². The second-order valence-corrected chi connectivity index (χ2v) is 6.99. The number of ether oxygens (including phenoxy) is 1. The summed E-state index contributed by atoms with van der Waals surface area (Å²) in [4.78, 5) is 37.9. The molecule has 0 saturated heterocycles. The highest BCUT2D eigenvalue weighted by Gasteiger charge is 2.28. The lowest BCUT2D eigenvalue weighted by molar-refractivity contribution is -0.144. The molecule has 0 fully saturated rings. The number of fused-ring (bicyclic) bond motifs is 1. The van der Waals surface area contributed by atoms with Gasteiger partial charge in [-0.15, -0.1) is 0 Å². The molecule has 28 heavy (non-hydrogen) atoms. The summed E-state index contributed by atoms with van der Waals surface area (Å²) in [5.74, 6) is -1.09. The maximum atomic E-state index is 13.0. The number of carbonyl (C=O) groups excluding carboxylic acids is 2. The van der Waals surface area contributed by atoms with Crippen LogP contribution >= 0.6 is 0 Å². The molecule has 1 aromatic heterocycles. The van der Waals surface area contributed by atoms with Crippen molar-refractivity contribution in [2.24, 2.45) is 5.92 Å². The number of hydrogen-bond donors (Lipinski definition) is 1. The number of rotatable bonds is 9. The van der Waals surface area contributed by atoms with Crippen LogP contribution in [0.5, 0.6) is 0 Å². The van der Waals surface area contributed by atoms with Crippen LogP contribution in [0.2, 0.25) is 0 Å². The fourth-order valence-corrected chi connectivity index (χ4v) is 3.07. The first kappa shape index (κ1) is 21.6. The Morgan fingerprint density at radius 2 is 1.86 bits per heavy atom. The second-order valence-electron chi connectivity index (χ2n) is 6.99. The number of amides is 1. The number of unbranched alkanes of at least 4 members (excludes halogenated alkanes) is 2. The molecule has 7 heteroatoms. The molecule has 2 atom stereocenters. The van der Waals surface area contributed by atoms with Gasteiger partial charge in [0.2, 0.25) is 0 Å². The molecule has 0 radical (unpaired) electrons. The minimum absolute atomic E-state index is 0.0990. The normalized spacial score (nSPS) is 13.1. The Bertz CT molecular complexity index is 891. The third kappa shape index (κ3) is 4.77. The Morgan fingerprint density at radius 3 is 2.46 bits per heavy atom. The van der Waals surface area contributed by atoms with Crippen molar-refractivity contribution in [3.8, 4) is 0 Å². The highest BCUT2D eigenvalue weighted by Crippen LogP contribution is 2.16. The van der Waals surface area contributed by atoms with E-state index in [-0.39, 0.29) is 17.2 Å². The van der Waals surface area contributed by atoms with E-state index in [1.54, 1.807) is 24.3 Å². The van der Waals surface area contributed by atoms with Gasteiger partial charge in [-0.2, -0.15) is 5.10 Å². The van der Waals surface area contributed by atoms with E-state index in [2.05, 4.69) is 17.3 Å². The molecule has 2 unspecified atom stereocenters. The van der Waals surface area contributed by atoms with Crippen molar-refractivity contribution >= 4 is 22.6 Å². The highest BCUT2D eigenvalue weighted by molar-refractivity contribution is 6.05. The zero-order valence-electron chi connectivity index (χ0n) is 17.0. The Hall–Kier alpha value is -2.70. The first-order chi connectivity index (χ1) is 13.4. The van der Waals surface area contributed by atoms with E-state index in [0.717, 1.165) is 19.3 Å². The lowest BCUT2D eigenvalue weighted by Crippen LogP contribution is -2.46. The van der Waals surface area contributed by atoms with E-state index < -0.39 is 17.9 Å². The zero-order chi connectivity index (χ0) is 20.7. The Labute approximate surface area is 165 Å². The number of nitrogens with zero attached hydrogens (tertiary/aromatic N) is 2. The maximum Gasteiger partial charge on any atom is 0.328 e. The van der Waals surface area contributed by atoms with Crippen molar-refractivity contribution in [2.75, 3.05) is 7.11 Å². The van der Waals surface area contributed by atoms with Gasteiger partial charge in [0.15, 0.2) is 5.69 Å². The third-order valence-electron chi connectivity index (χ3n) is 5.01. The summed E-state index contributed by atoms with van der Waals surface area (Å²) in [6.07, 6.45) is 3.50. The molecule has 1 N–H and O–H groups in total. The predicted molar refractivity (Wildman–Crippen MR) is 108 cm³/mol. The Morgan fingerprint density at radius 1 is 1.18 bits per heavy atom. The summed E-state index contributed by atoms with van der Waals surface area (Å²) >= 11 is 0. The van der Waals surface area contributed by atoms with Crippen LogP contribution in [0.25, 0.3) is 10.8 Å². The average molecular weight is 387 g/mol. The van der Waals surface area contributed by atoms with E-state index in [0.29, 0.717) is 23.7 Å². The van der Waals surface area contributed by atoms with E-state index in [1.165, 1.54) is 11.8 Å². The van der Waals surface area contributed by atoms with Crippen LogP contribution in [0.4, 0.5) is 0 Å². The minimum Gasteiger partial charge on any atom is -0.467 e. The molecule has 0 aliphatic heterocycles. The van der Waals surface area contributed by atoms with Crippen molar-refractivity contribution in [3.63, 3.8) is 0 Å². The van der Waals surface area contributed by atoms with Crippen molar-refractivity contribution in [3.05, 3.63) is 40.3 Å². The topological polar surface area (TPSA) is 90.3 Å². The monoisotopic (exact) mass is 387 g/mol. The van der Waals surface area contributed by atoms with Crippen molar-refractivity contribution < 1.29 is 14.3 Å². The molecular formula is C21H29N3O4. The summed E-state index contributed by atoms with van der Waals surface area (Å²) in [5, 5.41) is 8.00. The van der Waals surface area contributed by atoms with Gasteiger partial charge >= 0.3 is 5.97 Å². The molecule has 1 amide bonds. The largest absolute Gasteiger partial charge is 0.467 e. The quantitative estimate of drug-likeness (QED) is 0.528. The summed E-state index contributed by atoms with van der Waals surface area (Å²) < 4.78 is 6.19. The molecule has 0 aliphatic carbocycles. The van der Waals surface area contributed by atoms with Crippen LogP contribution in [0, 0.1) is 5.92 Å². The maximum absolute atomic E-state index is 13.0. The molecule has 1 aromatic carbocycles. The molecule has 2 rings (SSSR count). The van der Waals surface area contributed by atoms with Gasteiger partial charge in [-0.05, 0) is 18.4 Å². The van der Waals surface area contributed by atoms with Crippen LogP contribution in [-0.4, -0.2) is 34.8 Å². The van der Waals surface area contributed by atoms with Crippen LogP contribution in [0.1, 0.15) is 56.9 Å². The van der Waals surface area contributed by atoms with Gasteiger partial charge in [-0.3, -0.25) is 9.59 Å². The van der Waals surface area contributed by atoms with E-state index in [1.807, 2.05) is 13.8 Å². The lowest BCUT2D eigenvalue weighted by atomic mass is 9.99. The lowest BCUT2D eigenvalue weighted by Gasteiger charge is -2.22. The van der Waals surface area contributed by atoms with Gasteiger partial charge in [0, 0.05) is 11.9 Å². The number of nitrogens with one attached hydrogen (secondary N) is 1. The highest BCUT2D eigenvalue weighted by atomic mass is 16.5. The number of aryl methyl sites for hydroxylation is 1. The van der Waals surface area contributed by atoms with E-state index in [4.69, 9.17) is 4.74 Å². The zero-order valence-corrected chi connectivity index (χ0v) is 17.0. The molecule has 0 aliphatic rings. The minimum atomic E-state index is -0.775. The molecule has 0 saturated carbocycles. The van der Waals surface area contributed by atoms with Gasteiger partial charge in [-0.25, -0.2) is 9.48 Å². The van der Waals surface area contributed by atoms with Crippen LogP contribution in [0.15, 0.2) is 29.1 Å². The molecule has 0 bridgehead atoms. The average Bonchev–Trinajstić information content (AvgIpc) is 2.72. The van der Waals surface area contributed by atoms with Crippen molar-refractivity contribution in [2.45, 2.75) is 59.0 Å². The SMILES string of the molecule is CCCCCn1nc(C(=O)NC(C(=O)OC)C(C)CC)c2ccccc2c1=O. The number of esters is 1. The van der Waals surface area contributed by atoms with Crippen molar-refractivity contribution in [1.82, 2.24) is 15.1 Å². The third-order valence-corrected chi connectivity index (χ3v) is 5.01. The number of methoxy groups -OCH3 is 1. The molecule has 2 aromatic rings. The molecule has 7 nitrogen and oxygen atoms in total. The molecular weight excluding hydrogens is 358 g/mol. The second kappa shape index (κ2) is 10.0. The number of benzene rings is 1. The summed E-state index contributed by atoms with van der Waals surface area (Å²) in [6, 6.07) is 6.14. The van der Waals surface area contributed by atoms with Crippen LogP contribution < -0.4 is 10.9 Å². The molecule has 0 spiro atoms.